The molecule has 0 aliphatic carbocycles. The van der Waals surface area contributed by atoms with Crippen LogP contribution in [0, 0.1) is 13.8 Å². The van der Waals surface area contributed by atoms with Crippen LogP contribution in [0.4, 0.5) is 19.0 Å². The van der Waals surface area contributed by atoms with Crippen molar-refractivity contribution in [3.63, 3.8) is 0 Å². The standard InChI is InChI=1S/C20H25F3N4O3/c1-11(2)30-19(29)16-12(3)17(27-13(16)4)18(28)25-9-5-8-24-15-7-6-14(10-26-15)20(21,22)23/h6-7,10-11,27H,5,8-9H2,1-4H3,(H,24,26)(H,25,28). The number of aromatic nitrogens is 2. The molecule has 1 amide bonds. The van der Waals surface area contributed by atoms with Crippen LogP contribution >= 0.6 is 0 Å². The second kappa shape index (κ2) is 9.64. The van der Waals surface area contributed by atoms with E-state index in [4.69, 9.17) is 4.74 Å². The summed E-state index contributed by atoms with van der Waals surface area (Å²) in [7, 11) is 0. The van der Waals surface area contributed by atoms with Crippen LogP contribution in [0.15, 0.2) is 18.3 Å². The number of H-pyrrole nitrogens is 1. The summed E-state index contributed by atoms with van der Waals surface area (Å²) in [4.78, 5) is 31.2. The molecule has 0 saturated heterocycles. The van der Waals surface area contributed by atoms with Crippen molar-refractivity contribution >= 4 is 17.7 Å². The minimum atomic E-state index is -4.42. The number of amides is 1. The summed E-state index contributed by atoms with van der Waals surface area (Å²) in [6, 6.07) is 2.21. The van der Waals surface area contributed by atoms with E-state index in [-0.39, 0.29) is 12.0 Å². The third-order valence-electron chi connectivity index (χ3n) is 4.25. The summed E-state index contributed by atoms with van der Waals surface area (Å²) >= 11 is 0. The Morgan fingerprint density at radius 3 is 2.47 bits per heavy atom. The minimum absolute atomic E-state index is 0.268. The van der Waals surface area contributed by atoms with Gasteiger partial charge >= 0.3 is 12.1 Å². The lowest BCUT2D eigenvalue weighted by Gasteiger charge is -2.09. The summed E-state index contributed by atoms with van der Waals surface area (Å²) in [5, 5.41) is 5.64. The van der Waals surface area contributed by atoms with E-state index in [1.165, 1.54) is 6.07 Å². The highest BCUT2D eigenvalue weighted by Crippen LogP contribution is 2.28. The Kier molecular flexibility index (Phi) is 7.47. The number of nitrogens with zero attached hydrogens (tertiary/aromatic N) is 1. The van der Waals surface area contributed by atoms with Crippen molar-refractivity contribution in [1.82, 2.24) is 15.3 Å². The van der Waals surface area contributed by atoms with Crippen LogP contribution in [0.2, 0.25) is 0 Å². The van der Waals surface area contributed by atoms with Crippen LogP contribution in [0.1, 0.15) is 57.9 Å². The molecule has 0 bridgehead atoms. The largest absolute Gasteiger partial charge is 0.459 e. The van der Waals surface area contributed by atoms with Crippen molar-refractivity contribution in [2.24, 2.45) is 0 Å². The fraction of sp³-hybridized carbons (Fsp3) is 0.450. The van der Waals surface area contributed by atoms with Crippen molar-refractivity contribution < 1.29 is 27.5 Å². The number of aromatic amines is 1. The van der Waals surface area contributed by atoms with E-state index in [1.807, 2.05) is 0 Å². The Morgan fingerprint density at radius 2 is 1.90 bits per heavy atom. The second-order valence-corrected chi connectivity index (χ2v) is 7.05. The van der Waals surface area contributed by atoms with Crippen molar-refractivity contribution in [3.05, 3.63) is 46.4 Å². The van der Waals surface area contributed by atoms with Gasteiger partial charge in [-0.25, -0.2) is 9.78 Å². The van der Waals surface area contributed by atoms with Gasteiger partial charge in [-0.2, -0.15) is 13.2 Å². The number of carbonyl (C=O) groups excluding carboxylic acids is 2. The highest BCUT2D eigenvalue weighted by Gasteiger charge is 2.30. The lowest BCUT2D eigenvalue weighted by atomic mass is 10.1. The molecule has 0 aromatic carbocycles. The van der Waals surface area contributed by atoms with Gasteiger partial charge in [-0.3, -0.25) is 4.79 Å². The number of halogens is 3. The van der Waals surface area contributed by atoms with Crippen LogP contribution in [0.25, 0.3) is 0 Å². The van der Waals surface area contributed by atoms with Gasteiger partial charge in [0, 0.05) is 25.0 Å². The zero-order valence-corrected chi connectivity index (χ0v) is 17.2. The number of alkyl halides is 3. The first-order chi connectivity index (χ1) is 14.0. The molecule has 0 aliphatic heterocycles. The molecule has 0 saturated carbocycles. The Hall–Kier alpha value is -3.04. The Morgan fingerprint density at radius 1 is 1.20 bits per heavy atom. The van der Waals surface area contributed by atoms with Crippen molar-refractivity contribution in [2.75, 3.05) is 18.4 Å². The van der Waals surface area contributed by atoms with Gasteiger partial charge in [0.2, 0.25) is 0 Å². The summed E-state index contributed by atoms with van der Waals surface area (Å²) in [5.74, 6) is -0.520. The van der Waals surface area contributed by atoms with E-state index in [2.05, 4.69) is 20.6 Å². The number of hydrogen-bond acceptors (Lipinski definition) is 5. The Balaban J connectivity index is 1.83. The van der Waals surface area contributed by atoms with Gasteiger partial charge in [0.15, 0.2) is 0 Å². The number of hydrogen-bond donors (Lipinski definition) is 3. The number of carbonyl (C=O) groups is 2. The molecule has 0 fully saturated rings. The normalized spacial score (nSPS) is 11.5. The van der Waals surface area contributed by atoms with Crippen LogP contribution < -0.4 is 10.6 Å². The van der Waals surface area contributed by atoms with E-state index in [9.17, 15) is 22.8 Å². The number of aryl methyl sites for hydroxylation is 1. The summed E-state index contributed by atoms with van der Waals surface area (Å²) in [5.41, 5.74) is 0.902. The van der Waals surface area contributed by atoms with Crippen LogP contribution in [-0.2, 0) is 10.9 Å². The molecule has 2 aromatic rings. The van der Waals surface area contributed by atoms with Crippen LogP contribution in [0.5, 0.6) is 0 Å². The highest BCUT2D eigenvalue weighted by molar-refractivity contribution is 6.00. The SMILES string of the molecule is Cc1[nH]c(C(=O)NCCCNc2ccc(C(F)(F)F)cn2)c(C)c1C(=O)OC(C)C. The topological polar surface area (TPSA) is 96.1 Å². The molecule has 0 spiro atoms. The summed E-state index contributed by atoms with van der Waals surface area (Å²) in [6.45, 7) is 7.60. The Bertz CT molecular complexity index is 890. The smallest absolute Gasteiger partial charge is 0.417 e. The predicted molar refractivity (Wildman–Crippen MR) is 105 cm³/mol. The first-order valence-electron chi connectivity index (χ1n) is 9.46. The third-order valence-corrected chi connectivity index (χ3v) is 4.25. The maximum atomic E-state index is 12.5. The Labute approximate surface area is 172 Å². The zero-order chi connectivity index (χ0) is 22.5. The molecule has 2 rings (SSSR count). The molecular formula is C20H25F3N4O3. The van der Waals surface area contributed by atoms with E-state index in [0.717, 1.165) is 12.3 Å². The molecule has 30 heavy (non-hydrogen) atoms. The minimum Gasteiger partial charge on any atom is -0.459 e. The van der Waals surface area contributed by atoms with Crippen molar-refractivity contribution in [3.8, 4) is 0 Å². The predicted octanol–water partition coefficient (Wildman–Crippen LogP) is 3.84. The number of esters is 1. The average Bonchev–Trinajstić information content (AvgIpc) is 2.94. The van der Waals surface area contributed by atoms with E-state index in [1.54, 1.807) is 27.7 Å². The molecular weight excluding hydrogens is 401 g/mol. The number of pyridine rings is 1. The molecule has 0 atom stereocenters. The van der Waals surface area contributed by atoms with Crippen molar-refractivity contribution in [1.29, 1.82) is 0 Å². The molecule has 3 N–H and O–H groups in total. The van der Waals surface area contributed by atoms with Crippen LogP contribution in [-0.4, -0.2) is 41.0 Å². The second-order valence-electron chi connectivity index (χ2n) is 7.05. The maximum Gasteiger partial charge on any atom is 0.417 e. The quantitative estimate of drug-likeness (QED) is 0.440. The number of rotatable bonds is 8. The molecule has 0 unspecified atom stereocenters. The first-order valence-corrected chi connectivity index (χ1v) is 9.46. The third kappa shape index (κ3) is 5.98. The average molecular weight is 426 g/mol. The lowest BCUT2D eigenvalue weighted by molar-refractivity contribution is -0.137. The fourth-order valence-corrected chi connectivity index (χ4v) is 2.82. The van der Waals surface area contributed by atoms with Gasteiger partial charge in [-0.1, -0.05) is 0 Å². The van der Waals surface area contributed by atoms with Gasteiger partial charge in [-0.05, 0) is 51.8 Å². The van der Waals surface area contributed by atoms with Gasteiger partial charge in [-0.15, -0.1) is 0 Å². The number of ether oxygens (including phenoxy) is 1. The van der Waals surface area contributed by atoms with Gasteiger partial charge in [0.05, 0.1) is 17.2 Å². The molecule has 0 radical (unpaired) electrons. The monoisotopic (exact) mass is 426 g/mol. The summed E-state index contributed by atoms with van der Waals surface area (Å²) in [6.07, 6.45) is -3.40. The summed E-state index contributed by atoms with van der Waals surface area (Å²) < 4.78 is 42.7. The maximum absolute atomic E-state index is 12.5. The molecule has 10 heteroatoms. The highest BCUT2D eigenvalue weighted by atomic mass is 19.4. The molecule has 7 nitrogen and oxygen atoms in total. The number of anilines is 1. The molecule has 0 aliphatic rings. The van der Waals surface area contributed by atoms with Crippen molar-refractivity contribution in [2.45, 2.75) is 46.4 Å². The fourth-order valence-electron chi connectivity index (χ4n) is 2.82. The van der Waals surface area contributed by atoms with Gasteiger partial charge < -0.3 is 20.4 Å². The van der Waals surface area contributed by atoms with E-state index < -0.39 is 17.7 Å². The molecule has 2 heterocycles. The molecule has 164 valence electrons. The number of nitrogens with one attached hydrogen (secondary N) is 3. The first kappa shape index (κ1) is 23.2. The molecule has 2 aromatic heterocycles. The van der Waals surface area contributed by atoms with Gasteiger partial charge in [0.25, 0.3) is 5.91 Å². The van der Waals surface area contributed by atoms with Crippen LogP contribution in [0.3, 0.4) is 0 Å². The van der Waals surface area contributed by atoms with E-state index >= 15 is 0 Å². The lowest BCUT2D eigenvalue weighted by Crippen LogP contribution is -2.27. The van der Waals surface area contributed by atoms with E-state index in [0.29, 0.717) is 47.8 Å². The zero-order valence-electron chi connectivity index (χ0n) is 17.2. The van der Waals surface area contributed by atoms with Gasteiger partial charge in [0.1, 0.15) is 11.5 Å².